The summed E-state index contributed by atoms with van der Waals surface area (Å²) in [6.45, 7) is 18.9. The molecule has 16 saturated carbocycles. The first-order chi connectivity index (χ1) is 39.8. The zero-order valence-electron chi connectivity index (χ0n) is 54.3. The maximum absolute atomic E-state index is 12.9. The van der Waals surface area contributed by atoms with Gasteiger partial charge in [0.05, 0.1) is 18.3 Å². The number of aliphatic hydroxyl groups excluding tert-OH is 3. The number of ketones is 5. The Kier molecular flexibility index (Phi) is 16.0. The maximum atomic E-state index is 12.9. The molecule has 0 aromatic rings. The van der Waals surface area contributed by atoms with Gasteiger partial charge in [0.2, 0.25) is 0 Å². The van der Waals surface area contributed by atoms with Crippen LogP contribution >= 0.6 is 0 Å². The topological polar surface area (TPSA) is 146 Å². The largest absolute Gasteiger partial charge is 0.393 e. The normalized spacial score (nSPS) is 55.7. The first-order valence-corrected chi connectivity index (χ1v) is 36.5. The SMILES string of the molecule is C[C@@]12CCC[C@H]1[C@@H]1CCC3CC(=O)CC[C@]3(C)[C@H]1CC2=O.C[C@@]12CCC[C@H]1[C@@H]1CCC3CC(=O)CC[C@]3(C)[C@H]1CC2=O.C[C@@]12CCC[C@H]1[C@@H]1CCC3CC(O)CC[C@]3(C)[C@H]1CC2=O.C[C@@]12CCC[C@H]1[C@@H]1CCC3CC(O)CC[C@]3(C)[C@H]1CC2O. The van der Waals surface area contributed by atoms with Crippen molar-refractivity contribution in [1.29, 1.82) is 0 Å². The molecular formula is C76H118O8. The number of aliphatic hydroxyl groups is 3. The molecular weight excluding hydrogens is 1040 g/mol. The van der Waals surface area contributed by atoms with Crippen LogP contribution in [0, 0.1) is 138 Å². The van der Waals surface area contributed by atoms with Gasteiger partial charge in [-0.3, -0.25) is 24.0 Å². The Labute approximate surface area is 508 Å². The van der Waals surface area contributed by atoms with E-state index in [1.807, 2.05) is 0 Å². The third-order valence-electron chi connectivity index (χ3n) is 33.2. The molecule has 0 aromatic heterocycles. The van der Waals surface area contributed by atoms with E-state index in [4.69, 9.17) is 0 Å². The summed E-state index contributed by atoms with van der Waals surface area (Å²) in [5.74, 6) is 13.3. The molecule has 0 heterocycles. The van der Waals surface area contributed by atoms with Gasteiger partial charge in [-0.2, -0.15) is 0 Å². The molecule has 0 saturated heterocycles. The summed E-state index contributed by atoms with van der Waals surface area (Å²) >= 11 is 0. The lowest BCUT2D eigenvalue weighted by molar-refractivity contribution is -0.161. The second-order valence-corrected chi connectivity index (χ2v) is 35.9. The Morgan fingerprint density at radius 3 is 1.04 bits per heavy atom. The molecule has 8 heteroatoms. The van der Waals surface area contributed by atoms with Gasteiger partial charge in [0.15, 0.2) is 0 Å². The predicted molar refractivity (Wildman–Crippen MR) is 330 cm³/mol. The van der Waals surface area contributed by atoms with Gasteiger partial charge < -0.3 is 15.3 Å². The van der Waals surface area contributed by atoms with Crippen LogP contribution in [0.25, 0.3) is 0 Å². The molecule has 0 radical (unpaired) electrons. The number of Topliss-reactive ketones (excluding diaryl/α,β-unsaturated/α-hetero) is 5. The van der Waals surface area contributed by atoms with E-state index >= 15 is 0 Å². The van der Waals surface area contributed by atoms with Gasteiger partial charge in [-0.05, 0) is 282 Å². The molecule has 3 N–H and O–H groups in total. The summed E-state index contributed by atoms with van der Waals surface area (Å²) in [4.78, 5) is 62.3. The van der Waals surface area contributed by atoms with Crippen LogP contribution in [0.2, 0.25) is 0 Å². The van der Waals surface area contributed by atoms with Crippen molar-refractivity contribution in [3.63, 3.8) is 0 Å². The average Bonchev–Trinajstić information content (AvgIpc) is 1.61. The number of fused-ring (bicyclic) bond motifs is 20. The van der Waals surface area contributed by atoms with Crippen molar-refractivity contribution in [1.82, 2.24) is 0 Å². The molecule has 0 aliphatic heterocycles. The minimum absolute atomic E-state index is 0.00511. The highest BCUT2D eigenvalue weighted by Crippen LogP contribution is 2.70. The van der Waals surface area contributed by atoms with Crippen molar-refractivity contribution < 1.29 is 39.3 Å². The molecule has 0 aromatic carbocycles. The summed E-state index contributed by atoms with van der Waals surface area (Å²) in [7, 11) is 0. The molecule has 27 atom stereocenters. The fourth-order valence-corrected chi connectivity index (χ4v) is 27.6. The van der Waals surface area contributed by atoms with Gasteiger partial charge in [-0.25, -0.2) is 0 Å². The van der Waals surface area contributed by atoms with E-state index in [-0.39, 0.29) is 50.8 Å². The van der Waals surface area contributed by atoms with Crippen molar-refractivity contribution in [2.24, 2.45) is 138 Å². The summed E-state index contributed by atoms with van der Waals surface area (Å²) in [6.07, 6.45) is 39.7. The monoisotopic (exact) mass is 1160 g/mol. The third-order valence-corrected chi connectivity index (χ3v) is 33.2. The van der Waals surface area contributed by atoms with Gasteiger partial charge in [-0.1, -0.05) is 81.1 Å². The quantitative estimate of drug-likeness (QED) is 0.217. The standard InChI is InChI=1S/C19H32O2.C19H30O2.2C19H28O2/c4*1-18-9-7-13(20)10-12(18)5-6-14-15-4-3-8-19(15,2)17(21)11-16(14)18/h12-17,20-21H,3-11H2,1-2H3;12-16,20H,3-11H2,1-2H3;2*12,14-16H,3-11H2,1-2H3/t12?,13?,14-,15-,16-,17?,18-,19+;12?,13?,14-,15-,16-,18-,19+;2*12?,14-,15-,16-,18-,19+/m0000/s1. The molecule has 8 nitrogen and oxygen atoms in total. The second-order valence-electron chi connectivity index (χ2n) is 35.9. The lowest BCUT2D eigenvalue weighted by Crippen LogP contribution is -2.57. The van der Waals surface area contributed by atoms with E-state index in [9.17, 15) is 39.3 Å². The number of hydrogen-bond acceptors (Lipinski definition) is 8. The smallest absolute Gasteiger partial charge is 0.139 e. The van der Waals surface area contributed by atoms with Crippen LogP contribution in [-0.2, 0) is 24.0 Å². The van der Waals surface area contributed by atoms with Crippen LogP contribution in [0.5, 0.6) is 0 Å². The zero-order valence-corrected chi connectivity index (χ0v) is 54.3. The Morgan fingerprint density at radius 2 is 0.631 bits per heavy atom. The van der Waals surface area contributed by atoms with Gasteiger partial charge in [0.1, 0.15) is 28.9 Å². The van der Waals surface area contributed by atoms with Crippen LogP contribution in [0.3, 0.4) is 0 Å². The van der Waals surface area contributed by atoms with Crippen LogP contribution in [0.15, 0.2) is 0 Å². The van der Waals surface area contributed by atoms with Crippen molar-refractivity contribution in [2.45, 2.75) is 305 Å². The van der Waals surface area contributed by atoms with Gasteiger partial charge in [0, 0.05) is 61.2 Å². The molecule has 16 aliphatic carbocycles. The Hall–Kier alpha value is -1.77. The molecule has 7 unspecified atom stereocenters. The minimum atomic E-state index is -0.0892. The molecule has 470 valence electrons. The van der Waals surface area contributed by atoms with E-state index in [2.05, 4.69) is 55.4 Å². The van der Waals surface area contributed by atoms with Gasteiger partial charge >= 0.3 is 0 Å². The van der Waals surface area contributed by atoms with E-state index in [1.165, 1.54) is 116 Å². The van der Waals surface area contributed by atoms with Crippen molar-refractivity contribution in [3.05, 3.63) is 0 Å². The molecule has 16 rings (SSSR count). The summed E-state index contributed by atoms with van der Waals surface area (Å²) in [5, 5.41) is 31.0. The fraction of sp³-hybridized carbons (Fsp3) is 0.934. The lowest BCUT2D eigenvalue weighted by Gasteiger charge is -2.61. The van der Waals surface area contributed by atoms with E-state index < -0.39 is 0 Å². The van der Waals surface area contributed by atoms with Gasteiger partial charge in [-0.15, -0.1) is 0 Å². The van der Waals surface area contributed by atoms with Crippen molar-refractivity contribution in [3.8, 4) is 0 Å². The second kappa shape index (κ2) is 22.0. The summed E-state index contributed by atoms with van der Waals surface area (Å²) < 4.78 is 0. The molecule has 16 fully saturated rings. The zero-order chi connectivity index (χ0) is 59.3. The van der Waals surface area contributed by atoms with E-state index in [0.717, 1.165) is 145 Å². The van der Waals surface area contributed by atoms with Crippen molar-refractivity contribution in [2.75, 3.05) is 0 Å². The highest BCUT2D eigenvalue weighted by molar-refractivity contribution is 5.88. The fourth-order valence-electron chi connectivity index (χ4n) is 27.6. The molecule has 0 bridgehead atoms. The van der Waals surface area contributed by atoms with Crippen LogP contribution in [0.4, 0.5) is 0 Å². The maximum Gasteiger partial charge on any atom is 0.139 e. The van der Waals surface area contributed by atoms with Crippen LogP contribution in [-0.4, -0.2) is 62.5 Å². The number of rotatable bonds is 0. The predicted octanol–water partition coefficient (Wildman–Crippen LogP) is 16.0. The first-order valence-electron chi connectivity index (χ1n) is 36.5. The third kappa shape index (κ3) is 9.50. The molecule has 0 spiro atoms. The van der Waals surface area contributed by atoms with E-state index in [1.54, 1.807) is 0 Å². The summed E-state index contributed by atoms with van der Waals surface area (Å²) in [5.41, 5.74) is 1.43. The Balaban J connectivity index is 0.000000104. The Morgan fingerprint density at radius 1 is 0.298 bits per heavy atom. The first kappa shape index (κ1) is 61.1. The number of carbonyl (C=O) groups excluding carboxylic acids is 5. The van der Waals surface area contributed by atoms with Crippen LogP contribution in [0.1, 0.15) is 287 Å². The highest BCUT2D eigenvalue weighted by atomic mass is 16.3. The molecule has 0 amide bonds. The highest BCUT2D eigenvalue weighted by Gasteiger charge is 2.65. The van der Waals surface area contributed by atoms with Crippen LogP contribution < -0.4 is 0 Å². The van der Waals surface area contributed by atoms with E-state index in [0.29, 0.717) is 105 Å². The number of hydrogen-bond donors (Lipinski definition) is 3. The Bertz CT molecular complexity index is 2470. The summed E-state index contributed by atoms with van der Waals surface area (Å²) in [6, 6.07) is 0. The van der Waals surface area contributed by atoms with Crippen molar-refractivity contribution >= 4 is 28.9 Å². The van der Waals surface area contributed by atoms with Gasteiger partial charge in [0.25, 0.3) is 0 Å². The minimum Gasteiger partial charge on any atom is -0.393 e. The average molecular weight is 1160 g/mol. The molecule has 16 aliphatic rings. The lowest BCUT2D eigenvalue weighted by atomic mass is 9.44. The number of carbonyl (C=O) groups is 5. The molecule has 84 heavy (non-hydrogen) atoms.